The first-order valence-corrected chi connectivity index (χ1v) is 6.49. The molecule has 2 amide bonds. The van der Waals surface area contributed by atoms with E-state index >= 15 is 0 Å². The minimum Gasteiger partial charge on any atom is -0.364 e. The zero-order valence-electron chi connectivity index (χ0n) is 10.6. The van der Waals surface area contributed by atoms with Gasteiger partial charge in [0, 0.05) is 6.54 Å². The standard InChI is InChI=1S/C13H20N4O/c1-2-3-8-14-13(18)15-9-12-16-10-6-4-5-7-11(10)17-12/h4-7,10-11H,2-3,8-9H2,1H3,(H,16,17)(H2,14,15,18)/t10-,11+. The van der Waals surface area contributed by atoms with Gasteiger partial charge in [0.1, 0.15) is 5.84 Å². The van der Waals surface area contributed by atoms with E-state index < -0.39 is 0 Å². The van der Waals surface area contributed by atoms with Crippen LogP contribution in [0.5, 0.6) is 0 Å². The van der Waals surface area contributed by atoms with Gasteiger partial charge in [-0.15, -0.1) is 0 Å². The first-order valence-electron chi connectivity index (χ1n) is 6.49. The quantitative estimate of drug-likeness (QED) is 0.634. The van der Waals surface area contributed by atoms with Crippen molar-refractivity contribution in [2.24, 2.45) is 4.99 Å². The van der Waals surface area contributed by atoms with Crippen molar-refractivity contribution in [3.05, 3.63) is 24.3 Å². The van der Waals surface area contributed by atoms with E-state index in [2.05, 4.69) is 40.0 Å². The number of rotatable bonds is 5. The molecule has 3 N–H and O–H groups in total. The van der Waals surface area contributed by atoms with Crippen molar-refractivity contribution in [1.29, 1.82) is 0 Å². The molecule has 2 rings (SSSR count). The van der Waals surface area contributed by atoms with Crippen LogP contribution in [0.25, 0.3) is 0 Å². The van der Waals surface area contributed by atoms with Crippen molar-refractivity contribution in [3.63, 3.8) is 0 Å². The first kappa shape index (κ1) is 12.7. The molecule has 18 heavy (non-hydrogen) atoms. The van der Waals surface area contributed by atoms with Crippen LogP contribution in [-0.4, -0.2) is 37.0 Å². The van der Waals surface area contributed by atoms with Gasteiger partial charge in [-0.2, -0.15) is 0 Å². The molecule has 0 saturated heterocycles. The Morgan fingerprint density at radius 2 is 2.22 bits per heavy atom. The lowest BCUT2D eigenvalue weighted by Gasteiger charge is -2.13. The molecule has 2 atom stereocenters. The molecular formula is C13H20N4O. The molecule has 0 aromatic carbocycles. The van der Waals surface area contributed by atoms with Crippen LogP contribution in [0.3, 0.4) is 0 Å². The highest BCUT2D eigenvalue weighted by molar-refractivity contribution is 5.90. The number of urea groups is 1. The van der Waals surface area contributed by atoms with Crippen molar-refractivity contribution in [2.45, 2.75) is 31.8 Å². The monoisotopic (exact) mass is 248 g/mol. The Labute approximate surface area is 107 Å². The van der Waals surface area contributed by atoms with Crippen LogP contribution in [0.4, 0.5) is 4.79 Å². The minimum atomic E-state index is -0.131. The van der Waals surface area contributed by atoms with E-state index in [0.717, 1.165) is 25.2 Å². The number of carbonyl (C=O) groups is 1. The van der Waals surface area contributed by atoms with Crippen molar-refractivity contribution >= 4 is 11.9 Å². The molecule has 98 valence electrons. The zero-order valence-corrected chi connectivity index (χ0v) is 10.6. The SMILES string of the molecule is CCCCNC(=O)NCC1=N[C@@H]2C=CC=C[C@@H]2N1. The molecule has 0 spiro atoms. The van der Waals surface area contributed by atoms with Crippen molar-refractivity contribution in [3.8, 4) is 0 Å². The van der Waals surface area contributed by atoms with E-state index in [0.29, 0.717) is 6.54 Å². The summed E-state index contributed by atoms with van der Waals surface area (Å²) in [6.07, 6.45) is 10.2. The van der Waals surface area contributed by atoms with Crippen molar-refractivity contribution < 1.29 is 4.79 Å². The molecule has 0 unspecified atom stereocenters. The Bertz CT molecular complexity index is 386. The second-order valence-electron chi connectivity index (χ2n) is 4.47. The molecule has 0 aromatic heterocycles. The predicted molar refractivity (Wildman–Crippen MR) is 72.7 cm³/mol. The van der Waals surface area contributed by atoms with Crippen LogP contribution in [0.2, 0.25) is 0 Å². The number of aliphatic imine (C=N–C) groups is 1. The third kappa shape index (κ3) is 3.35. The maximum atomic E-state index is 11.5. The van der Waals surface area contributed by atoms with Gasteiger partial charge in [-0.3, -0.25) is 4.99 Å². The second kappa shape index (κ2) is 6.23. The number of unbranched alkanes of at least 4 members (excludes halogenated alkanes) is 1. The minimum absolute atomic E-state index is 0.131. The molecule has 0 radical (unpaired) electrons. The van der Waals surface area contributed by atoms with Gasteiger partial charge < -0.3 is 16.0 Å². The zero-order chi connectivity index (χ0) is 12.8. The number of amidine groups is 1. The number of nitrogens with zero attached hydrogens (tertiary/aromatic N) is 1. The summed E-state index contributed by atoms with van der Waals surface area (Å²) in [4.78, 5) is 16.0. The summed E-state index contributed by atoms with van der Waals surface area (Å²) in [5, 5.41) is 8.90. The van der Waals surface area contributed by atoms with Crippen LogP contribution < -0.4 is 16.0 Å². The van der Waals surface area contributed by atoms with Crippen LogP contribution in [0, 0.1) is 0 Å². The number of allylic oxidation sites excluding steroid dienone is 2. The van der Waals surface area contributed by atoms with Crippen molar-refractivity contribution in [1.82, 2.24) is 16.0 Å². The number of nitrogens with one attached hydrogen (secondary N) is 3. The fraction of sp³-hybridized carbons (Fsp3) is 0.538. The second-order valence-corrected chi connectivity index (χ2v) is 4.47. The Kier molecular flexibility index (Phi) is 4.39. The largest absolute Gasteiger partial charge is 0.364 e. The maximum absolute atomic E-state index is 11.5. The number of hydrogen-bond donors (Lipinski definition) is 3. The Hall–Kier alpha value is -1.78. The van der Waals surface area contributed by atoms with E-state index in [9.17, 15) is 4.79 Å². The topological polar surface area (TPSA) is 65.5 Å². The van der Waals surface area contributed by atoms with Gasteiger partial charge in [-0.05, 0) is 6.42 Å². The van der Waals surface area contributed by atoms with Gasteiger partial charge in [0.2, 0.25) is 0 Å². The Morgan fingerprint density at radius 3 is 3.00 bits per heavy atom. The molecule has 1 heterocycles. The maximum Gasteiger partial charge on any atom is 0.315 e. The van der Waals surface area contributed by atoms with Gasteiger partial charge in [-0.1, -0.05) is 37.6 Å². The van der Waals surface area contributed by atoms with E-state index in [-0.39, 0.29) is 18.1 Å². The van der Waals surface area contributed by atoms with E-state index in [1.54, 1.807) is 0 Å². The van der Waals surface area contributed by atoms with Crippen LogP contribution >= 0.6 is 0 Å². The Morgan fingerprint density at radius 1 is 1.39 bits per heavy atom. The molecule has 0 fully saturated rings. The Balaban J connectivity index is 1.70. The van der Waals surface area contributed by atoms with E-state index in [4.69, 9.17) is 0 Å². The first-order chi connectivity index (χ1) is 8.79. The molecule has 0 aromatic rings. The molecule has 1 aliphatic heterocycles. The average molecular weight is 248 g/mol. The summed E-state index contributed by atoms with van der Waals surface area (Å²) in [6.45, 7) is 3.27. The number of amides is 2. The fourth-order valence-electron chi connectivity index (χ4n) is 1.96. The summed E-state index contributed by atoms with van der Waals surface area (Å²) < 4.78 is 0. The number of hydrogen-bond acceptors (Lipinski definition) is 3. The molecule has 0 bridgehead atoms. The van der Waals surface area contributed by atoms with Crippen LogP contribution in [-0.2, 0) is 0 Å². The van der Waals surface area contributed by atoms with Gasteiger partial charge in [0.25, 0.3) is 0 Å². The average Bonchev–Trinajstić information content (AvgIpc) is 2.79. The molecule has 1 aliphatic carbocycles. The molecule has 0 saturated carbocycles. The van der Waals surface area contributed by atoms with Crippen LogP contribution in [0.1, 0.15) is 19.8 Å². The highest BCUT2D eigenvalue weighted by atomic mass is 16.2. The third-order valence-corrected chi connectivity index (χ3v) is 2.98. The van der Waals surface area contributed by atoms with Crippen LogP contribution in [0.15, 0.2) is 29.3 Å². The van der Waals surface area contributed by atoms with Crippen molar-refractivity contribution in [2.75, 3.05) is 13.1 Å². The number of fused-ring (bicyclic) bond motifs is 1. The normalized spacial score (nSPS) is 24.2. The lowest BCUT2D eigenvalue weighted by atomic mass is 10.1. The molecule has 2 aliphatic rings. The smallest absolute Gasteiger partial charge is 0.315 e. The predicted octanol–water partition coefficient (Wildman–Crippen LogP) is 0.951. The third-order valence-electron chi connectivity index (χ3n) is 2.98. The lowest BCUT2D eigenvalue weighted by molar-refractivity contribution is 0.242. The number of carbonyl (C=O) groups excluding carboxylic acids is 1. The molecule has 5 heteroatoms. The summed E-state index contributed by atoms with van der Waals surface area (Å²) in [6, 6.07) is 0.291. The molecular weight excluding hydrogens is 228 g/mol. The van der Waals surface area contributed by atoms with Gasteiger partial charge in [0.05, 0.1) is 18.6 Å². The van der Waals surface area contributed by atoms with E-state index in [1.165, 1.54) is 0 Å². The highest BCUT2D eigenvalue weighted by Gasteiger charge is 2.25. The lowest BCUT2D eigenvalue weighted by Crippen LogP contribution is -2.43. The van der Waals surface area contributed by atoms with Gasteiger partial charge >= 0.3 is 6.03 Å². The van der Waals surface area contributed by atoms with Gasteiger partial charge in [0.15, 0.2) is 0 Å². The van der Waals surface area contributed by atoms with E-state index in [1.807, 2.05) is 12.2 Å². The summed E-state index contributed by atoms with van der Waals surface area (Å²) in [7, 11) is 0. The summed E-state index contributed by atoms with van der Waals surface area (Å²) >= 11 is 0. The van der Waals surface area contributed by atoms with Gasteiger partial charge in [-0.25, -0.2) is 4.79 Å². The summed E-state index contributed by atoms with van der Waals surface area (Å²) in [5.41, 5.74) is 0. The summed E-state index contributed by atoms with van der Waals surface area (Å²) in [5.74, 6) is 0.840. The highest BCUT2D eigenvalue weighted by Crippen LogP contribution is 2.13. The molecule has 5 nitrogen and oxygen atoms in total. The fourth-order valence-corrected chi connectivity index (χ4v) is 1.96.